The highest BCUT2D eigenvalue weighted by molar-refractivity contribution is 5.44. The lowest BCUT2D eigenvalue weighted by atomic mass is 10.2. The second-order valence-corrected chi connectivity index (χ2v) is 4.29. The van der Waals surface area contributed by atoms with Crippen molar-refractivity contribution in [1.29, 1.82) is 0 Å². The summed E-state index contributed by atoms with van der Waals surface area (Å²) in [5.41, 5.74) is 4.71. The van der Waals surface area contributed by atoms with Crippen LogP contribution in [0.3, 0.4) is 0 Å². The molecule has 2 rings (SSSR count). The Labute approximate surface area is 98.3 Å². The van der Waals surface area contributed by atoms with E-state index in [0.717, 1.165) is 11.3 Å². The second kappa shape index (κ2) is 5.69. The highest BCUT2D eigenvalue weighted by Crippen LogP contribution is 2.11. The molecule has 0 atom stereocenters. The molecule has 0 N–H and O–H groups in total. The van der Waals surface area contributed by atoms with E-state index in [0.29, 0.717) is 0 Å². The van der Waals surface area contributed by atoms with Gasteiger partial charge in [-0.1, -0.05) is 26.7 Å². The van der Waals surface area contributed by atoms with E-state index in [4.69, 9.17) is 0 Å². The third-order valence-corrected chi connectivity index (χ3v) is 2.68. The van der Waals surface area contributed by atoms with E-state index in [9.17, 15) is 0 Å². The standard InChI is InChI=1S/C10H12N2.C4H10/c1-7-4-10-11-9(3)6-12(10)5-8(7)2;1-3-4-2/h4-6H,1-3H3;3-4H2,1-2H3. The topological polar surface area (TPSA) is 17.3 Å². The molecule has 0 radical (unpaired) electrons. The molecule has 2 aromatic rings. The van der Waals surface area contributed by atoms with Crippen molar-refractivity contribution in [2.24, 2.45) is 0 Å². The smallest absolute Gasteiger partial charge is 0.137 e. The van der Waals surface area contributed by atoms with Crippen LogP contribution in [-0.2, 0) is 0 Å². The summed E-state index contributed by atoms with van der Waals surface area (Å²) in [6.07, 6.45) is 6.80. The van der Waals surface area contributed by atoms with Crippen LogP contribution in [0.1, 0.15) is 43.5 Å². The zero-order chi connectivity index (χ0) is 12.1. The molecule has 0 saturated carbocycles. The molecular weight excluding hydrogens is 196 g/mol. The molecule has 2 heterocycles. The molecular formula is C14H22N2. The van der Waals surface area contributed by atoms with Crippen LogP contribution in [0, 0.1) is 20.8 Å². The SMILES string of the molecule is CCCC.Cc1cn2cc(C)c(C)cc2n1. The first kappa shape index (κ1) is 12.8. The Hall–Kier alpha value is -1.31. The predicted octanol–water partition coefficient (Wildman–Crippen LogP) is 4.07. The lowest BCUT2D eigenvalue weighted by Crippen LogP contribution is -1.87. The number of rotatable bonds is 1. The van der Waals surface area contributed by atoms with Crippen molar-refractivity contribution in [2.75, 3.05) is 0 Å². The van der Waals surface area contributed by atoms with Gasteiger partial charge in [0.25, 0.3) is 0 Å². The van der Waals surface area contributed by atoms with Crippen molar-refractivity contribution in [3.63, 3.8) is 0 Å². The van der Waals surface area contributed by atoms with Gasteiger partial charge in [-0.25, -0.2) is 4.98 Å². The molecule has 0 aliphatic heterocycles. The molecule has 2 nitrogen and oxygen atoms in total. The lowest BCUT2D eigenvalue weighted by Gasteiger charge is -1.99. The molecule has 88 valence electrons. The minimum atomic E-state index is 1.04. The molecule has 0 aliphatic carbocycles. The van der Waals surface area contributed by atoms with Crippen molar-refractivity contribution in [3.05, 3.63) is 35.3 Å². The number of hydrogen-bond acceptors (Lipinski definition) is 1. The third kappa shape index (κ3) is 3.09. The van der Waals surface area contributed by atoms with E-state index in [2.05, 4.69) is 49.3 Å². The molecule has 0 bridgehead atoms. The zero-order valence-corrected chi connectivity index (χ0v) is 11.0. The van der Waals surface area contributed by atoms with E-state index in [1.165, 1.54) is 24.0 Å². The Kier molecular flexibility index (Phi) is 4.53. The van der Waals surface area contributed by atoms with Gasteiger partial charge in [0.15, 0.2) is 0 Å². The first-order valence-electron chi connectivity index (χ1n) is 6.01. The van der Waals surface area contributed by atoms with Gasteiger partial charge in [0.2, 0.25) is 0 Å². The number of pyridine rings is 1. The fourth-order valence-electron chi connectivity index (χ4n) is 1.36. The van der Waals surface area contributed by atoms with E-state index in [1.54, 1.807) is 0 Å². The van der Waals surface area contributed by atoms with E-state index in [1.807, 2.05) is 13.1 Å². The first-order chi connectivity index (χ1) is 7.58. The monoisotopic (exact) mass is 218 g/mol. The van der Waals surface area contributed by atoms with Crippen molar-refractivity contribution in [3.8, 4) is 0 Å². The molecule has 0 unspecified atom stereocenters. The van der Waals surface area contributed by atoms with Crippen LogP contribution in [0.4, 0.5) is 0 Å². The fraction of sp³-hybridized carbons (Fsp3) is 0.500. The highest BCUT2D eigenvalue weighted by atomic mass is 15.0. The molecule has 0 fully saturated rings. The van der Waals surface area contributed by atoms with Gasteiger partial charge >= 0.3 is 0 Å². The van der Waals surface area contributed by atoms with Gasteiger partial charge in [-0.15, -0.1) is 0 Å². The van der Waals surface area contributed by atoms with Gasteiger partial charge < -0.3 is 4.40 Å². The molecule has 0 aromatic carbocycles. The summed E-state index contributed by atoms with van der Waals surface area (Å²) in [6, 6.07) is 2.11. The van der Waals surface area contributed by atoms with E-state index in [-0.39, 0.29) is 0 Å². The summed E-state index contributed by atoms with van der Waals surface area (Å²) in [5.74, 6) is 0. The maximum Gasteiger partial charge on any atom is 0.137 e. The van der Waals surface area contributed by atoms with E-state index < -0.39 is 0 Å². The van der Waals surface area contributed by atoms with Crippen molar-refractivity contribution in [2.45, 2.75) is 47.5 Å². The van der Waals surface area contributed by atoms with Gasteiger partial charge in [0, 0.05) is 12.4 Å². The summed E-state index contributed by atoms with van der Waals surface area (Å²) in [4.78, 5) is 4.38. The maximum absolute atomic E-state index is 4.38. The molecule has 0 saturated heterocycles. The Morgan fingerprint density at radius 3 is 2.19 bits per heavy atom. The molecule has 2 aromatic heterocycles. The van der Waals surface area contributed by atoms with Crippen molar-refractivity contribution >= 4 is 5.65 Å². The quantitative estimate of drug-likeness (QED) is 0.705. The normalized spacial score (nSPS) is 10.1. The summed E-state index contributed by atoms with van der Waals surface area (Å²) >= 11 is 0. The summed E-state index contributed by atoms with van der Waals surface area (Å²) in [7, 11) is 0. The predicted molar refractivity (Wildman–Crippen MR) is 70.0 cm³/mol. The minimum Gasteiger partial charge on any atom is -0.307 e. The van der Waals surface area contributed by atoms with Crippen molar-refractivity contribution < 1.29 is 0 Å². The molecule has 0 amide bonds. The van der Waals surface area contributed by atoms with Crippen LogP contribution in [0.25, 0.3) is 5.65 Å². The number of unbranched alkanes of at least 4 members (excludes halogenated alkanes) is 1. The summed E-state index contributed by atoms with van der Waals surface area (Å²) < 4.78 is 2.07. The Morgan fingerprint density at radius 2 is 1.62 bits per heavy atom. The average Bonchev–Trinajstić information content (AvgIpc) is 2.59. The van der Waals surface area contributed by atoms with Gasteiger partial charge in [0.05, 0.1) is 5.69 Å². The number of nitrogens with zero attached hydrogens (tertiary/aromatic N) is 2. The Balaban J connectivity index is 0.000000280. The maximum atomic E-state index is 4.38. The molecule has 16 heavy (non-hydrogen) atoms. The molecule has 2 heteroatoms. The highest BCUT2D eigenvalue weighted by Gasteiger charge is 1.99. The van der Waals surface area contributed by atoms with Gasteiger partial charge in [-0.2, -0.15) is 0 Å². The largest absolute Gasteiger partial charge is 0.307 e. The fourth-order valence-corrected chi connectivity index (χ4v) is 1.36. The number of aromatic nitrogens is 2. The Bertz CT molecular complexity index is 414. The molecule has 0 spiro atoms. The number of imidazole rings is 1. The van der Waals surface area contributed by atoms with E-state index >= 15 is 0 Å². The molecule has 0 aliphatic rings. The van der Waals surface area contributed by atoms with Gasteiger partial charge in [-0.05, 0) is 38.0 Å². The third-order valence-electron chi connectivity index (χ3n) is 2.68. The summed E-state index contributed by atoms with van der Waals surface area (Å²) in [5, 5.41) is 0. The minimum absolute atomic E-state index is 1.04. The van der Waals surface area contributed by atoms with Crippen LogP contribution < -0.4 is 0 Å². The number of hydrogen-bond donors (Lipinski definition) is 0. The van der Waals surface area contributed by atoms with Gasteiger partial charge in [-0.3, -0.25) is 0 Å². The summed E-state index contributed by atoms with van der Waals surface area (Å²) in [6.45, 7) is 10.6. The second-order valence-electron chi connectivity index (χ2n) is 4.29. The van der Waals surface area contributed by atoms with Crippen LogP contribution >= 0.6 is 0 Å². The van der Waals surface area contributed by atoms with Crippen LogP contribution in [-0.4, -0.2) is 9.38 Å². The van der Waals surface area contributed by atoms with Gasteiger partial charge in [0.1, 0.15) is 5.65 Å². The Morgan fingerprint density at radius 1 is 1.00 bits per heavy atom. The average molecular weight is 218 g/mol. The van der Waals surface area contributed by atoms with Crippen LogP contribution in [0.15, 0.2) is 18.5 Å². The first-order valence-corrected chi connectivity index (χ1v) is 6.01. The zero-order valence-electron chi connectivity index (χ0n) is 11.0. The van der Waals surface area contributed by atoms with Crippen LogP contribution in [0.5, 0.6) is 0 Å². The number of aryl methyl sites for hydroxylation is 3. The number of fused-ring (bicyclic) bond motifs is 1. The van der Waals surface area contributed by atoms with Crippen molar-refractivity contribution in [1.82, 2.24) is 9.38 Å². The lowest BCUT2D eigenvalue weighted by molar-refractivity contribution is 0.886. The van der Waals surface area contributed by atoms with Crippen LogP contribution in [0.2, 0.25) is 0 Å².